The van der Waals surface area contributed by atoms with Crippen LogP contribution in [0.4, 0.5) is 9.18 Å². The van der Waals surface area contributed by atoms with Crippen LogP contribution in [-0.2, 0) is 4.74 Å². The molecule has 1 aromatic heterocycles. The van der Waals surface area contributed by atoms with Crippen LogP contribution in [0.2, 0.25) is 0 Å². The Bertz CT molecular complexity index is 826. The number of piperidine rings is 1. The minimum Gasteiger partial charge on any atom is -0.444 e. The molecule has 3 heterocycles. The van der Waals surface area contributed by atoms with E-state index >= 15 is 0 Å². The molecule has 0 saturated carbocycles. The predicted molar refractivity (Wildman–Crippen MR) is 89.8 cm³/mol. The number of rotatable bonds is 2. The van der Waals surface area contributed by atoms with E-state index in [1.54, 1.807) is 21.9 Å². The van der Waals surface area contributed by atoms with Crippen LogP contribution in [0.15, 0.2) is 24.3 Å². The van der Waals surface area contributed by atoms with Crippen LogP contribution >= 0.6 is 0 Å². The van der Waals surface area contributed by atoms with Crippen LogP contribution in [0.5, 0.6) is 0 Å². The smallest absolute Gasteiger partial charge is 0.410 e. The van der Waals surface area contributed by atoms with Crippen molar-refractivity contribution in [2.45, 2.75) is 31.9 Å². The second-order valence-electron chi connectivity index (χ2n) is 6.78. The lowest BCUT2D eigenvalue weighted by Crippen LogP contribution is -2.47. The molecule has 2 aliphatic heterocycles. The van der Waals surface area contributed by atoms with Gasteiger partial charge in [0, 0.05) is 30.0 Å². The number of hydrogen-bond acceptors (Lipinski definition) is 3. The Morgan fingerprint density at radius 3 is 2.72 bits per heavy atom. The number of hydrogen-bond donors (Lipinski definition) is 1. The van der Waals surface area contributed by atoms with Crippen molar-refractivity contribution in [1.82, 2.24) is 14.8 Å². The number of fused-ring (bicyclic) bond motifs is 1. The molecule has 2 saturated heterocycles. The largest absolute Gasteiger partial charge is 0.444 e. The van der Waals surface area contributed by atoms with E-state index in [1.165, 1.54) is 12.1 Å². The van der Waals surface area contributed by atoms with Crippen molar-refractivity contribution in [3.8, 4) is 0 Å². The highest BCUT2D eigenvalue weighted by molar-refractivity contribution is 5.98. The van der Waals surface area contributed by atoms with Gasteiger partial charge < -0.3 is 19.5 Å². The van der Waals surface area contributed by atoms with E-state index < -0.39 is 0 Å². The summed E-state index contributed by atoms with van der Waals surface area (Å²) in [5, 5.41) is 0.687. The molecule has 0 bridgehead atoms. The highest BCUT2D eigenvalue weighted by atomic mass is 19.1. The number of amides is 2. The molecule has 2 fully saturated rings. The first-order chi connectivity index (χ1) is 12.0. The van der Waals surface area contributed by atoms with E-state index in [4.69, 9.17) is 4.74 Å². The van der Waals surface area contributed by atoms with Crippen molar-refractivity contribution in [3.63, 3.8) is 0 Å². The molecule has 132 valence electrons. The first-order valence-electron chi connectivity index (χ1n) is 8.56. The Morgan fingerprint density at radius 2 is 2.04 bits per heavy atom. The molecule has 0 spiro atoms. The SMILES string of the molecule is CC1CN(C2CCN(C(=O)c3cc4cc(F)ccc4[nH]3)CC2)C(=O)O1. The summed E-state index contributed by atoms with van der Waals surface area (Å²) in [5.41, 5.74) is 1.21. The molecule has 2 aliphatic rings. The standard InChI is InChI=1S/C18H20FN3O3/c1-11-10-22(18(24)25-11)14-4-6-21(7-5-14)17(23)16-9-12-8-13(19)2-3-15(12)20-16/h2-3,8-9,11,14,20H,4-7,10H2,1H3. The lowest BCUT2D eigenvalue weighted by atomic mass is 10.0. The molecule has 1 aromatic carbocycles. The molecule has 0 radical (unpaired) electrons. The first-order valence-corrected chi connectivity index (χ1v) is 8.56. The summed E-state index contributed by atoms with van der Waals surface area (Å²) >= 11 is 0. The van der Waals surface area contributed by atoms with E-state index in [1.807, 2.05) is 6.92 Å². The highest BCUT2D eigenvalue weighted by Gasteiger charge is 2.36. The van der Waals surface area contributed by atoms with Crippen molar-refractivity contribution in [2.24, 2.45) is 0 Å². The van der Waals surface area contributed by atoms with Gasteiger partial charge in [0.1, 0.15) is 17.6 Å². The number of likely N-dealkylation sites (tertiary alicyclic amines) is 1. The number of H-pyrrole nitrogens is 1. The van der Waals surface area contributed by atoms with E-state index in [9.17, 15) is 14.0 Å². The Hall–Kier alpha value is -2.57. The maximum absolute atomic E-state index is 13.3. The molecular weight excluding hydrogens is 325 g/mol. The quantitative estimate of drug-likeness (QED) is 0.910. The Labute approximate surface area is 144 Å². The summed E-state index contributed by atoms with van der Waals surface area (Å²) in [7, 11) is 0. The van der Waals surface area contributed by atoms with Gasteiger partial charge >= 0.3 is 6.09 Å². The number of halogens is 1. The fourth-order valence-electron chi connectivity index (χ4n) is 3.70. The number of benzene rings is 1. The molecule has 1 N–H and O–H groups in total. The normalized spacial score (nSPS) is 21.8. The van der Waals surface area contributed by atoms with Gasteiger partial charge in [0.15, 0.2) is 0 Å². The first kappa shape index (κ1) is 15.9. The third-order valence-electron chi connectivity index (χ3n) is 5.00. The molecule has 6 nitrogen and oxygen atoms in total. The van der Waals surface area contributed by atoms with Crippen molar-refractivity contribution >= 4 is 22.9 Å². The van der Waals surface area contributed by atoms with Gasteiger partial charge in [-0.2, -0.15) is 0 Å². The van der Waals surface area contributed by atoms with Gasteiger partial charge in [0.05, 0.1) is 6.54 Å². The van der Waals surface area contributed by atoms with Crippen LogP contribution in [0.3, 0.4) is 0 Å². The molecule has 0 aliphatic carbocycles. The van der Waals surface area contributed by atoms with Crippen LogP contribution in [0, 0.1) is 5.82 Å². The molecule has 7 heteroatoms. The maximum Gasteiger partial charge on any atom is 0.410 e. The predicted octanol–water partition coefficient (Wildman–Crippen LogP) is 2.75. The van der Waals surface area contributed by atoms with Gasteiger partial charge in [-0.05, 0) is 44.0 Å². The van der Waals surface area contributed by atoms with Crippen molar-refractivity contribution < 1.29 is 18.7 Å². The van der Waals surface area contributed by atoms with E-state index in [0.717, 1.165) is 18.4 Å². The lowest BCUT2D eigenvalue weighted by Gasteiger charge is -2.35. The number of aromatic nitrogens is 1. The summed E-state index contributed by atoms with van der Waals surface area (Å²) in [5.74, 6) is -0.412. The monoisotopic (exact) mass is 345 g/mol. The summed E-state index contributed by atoms with van der Waals surface area (Å²) in [6, 6.07) is 6.22. The van der Waals surface area contributed by atoms with Crippen molar-refractivity contribution in [1.29, 1.82) is 0 Å². The van der Waals surface area contributed by atoms with Crippen molar-refractivity contribution in [2.75, 3.05) is 19.6 Å². The average Bonchev–Trinajstić information content (AvgIpc) is 3.16. The minimum atomic E-state index is -0.321. The van der Waals surface area contributed by atoms with Gasteiger partial charge in [0.25, 0.3) is 5.91 Å². The zero-order valence-corrected chi connectivity index (χ0v) is 14.0. The third-order valence-corrected chi connectivity index (χ3v) is 5.00. The number of carbonyl (C=O) groups is 2. The van der Waals surface area contributed by atoms with Crippen molar-refractivity contribution in [3.05, 3.63) is 35.8 Å². The lowest BCUT2D eigenvalue weighted by molar-refractivity contribution is 0.0653. The molecular formula is C18H20FN3O3. The minimum absolute atomic E-state index is 0.0705. The molecule has 4 rings (SSSR count). The molecule has 2 aromatic rings. The fourth-order valence-corrected chi connectivity index (χ4v) is 3.70. The summed E-state index contributed by atoms with van der Waals surface area (Å²) in [6.45, 7) is 3.68. The van der Waals surface area contributed by atoms with Gasteiger partial charge in [-0.15, -0.1) is 0 Å². The van der Waals surface area contributed by atoms with Gasteiger partial charge in [-0.3, -0.25) is 4.79 Å². The number of cyclic esters (lactones) is 1. The van der Waals surface area contributed by atoms with E-state index in [-0.39, 0.29) is 30.0 Å². The van der Waals surface area contributed by atoms with E-state index in [2.05, 4.69) is 4.98 Å². The van der Waals surface area contributed by atoms with Crippen LogP contribution in [0.25, 0.3) is 10.9 Å². The Morgan fingerprint density at radius 1 is 1.28 bits per heavy atom. The fraction of sp³-hybridized carbons (Fsp3) is 0.444. The van der Waals surface area contributed by atoms with Gasteiger partial charge in [-0.1, -0.05) is 0 Å². The number of nitrogens with zero attached hydrogens (tertiary/aromatic N) is 2. The van der Waals surface area contributed by atoms with Crippen LogP contribution in [-0.4, -0.2) is 58.6 Å². The zero-order valence-electron chi connectivity index (χ0n) is 14.0. The Kier molecular flexibility index (Phi) is 3.86. The molecule has 1 unspecified atom stereocenters. The zero-order chi connectivity index (χ0) is 17.6. The third kappa shape index (κ3) is 2.94. The number of nitrogens with one attached hydrogen (secondary N) is 1. The topological polar surface area (TPSA) is 65.6 Å². The number of ether oxygens (including phenoxy) is 1. The number of carbonyl (C=O) groups excluding carboxylic acids is 2. The van der Waals surface area contributed by atoms with Crippen LogP contribution in [0.1, 0.15) is 30.3 Å². The molecule has 25 heavy (non-hydrogen) atoms. The molecule has 2 amide bonds. The molecule has 1 atom stereocenters. The average molecular weight is 345 g/mol. The summed E-state index contributed by atoms with van der Waals surface area (Å²) in [6.07, 6.45) is 1.15. The summed E-state index contributed by atoms with van der Waals surface area (Å²) < 4.78 is 18.5. The summed E-state index contributed by atoms with van der Waals surface area (Å²) in [4.78, 5) is 31.1. The number of aromatic amines is 1. The van der Waals surface area contributed by atoms with E-state index in [0.29, 0.717) is 30.7 Å². The van der Waals surface area contributed by atoms with Gasteiger partial charge in [0.2, 0.25) is 0 Å². The second-order valence-corrected chi connectivity index (χ2v) is 6.78. The van der Waals surface area contributed by atoms with Gasteiger partial charge in [-0.25, -0.2) is 9.18 Å². The second kappa shape index (κ2) is 6.06. The maximum atomic E-state index is 13.3. The van der Waals surface area contributed by atoms with Crippen LogP contribution < -0.4 is 0 Å². The Balaban J connectivity index is 1.43. The highest BCUT2D eigenvalue weighted by Crippen LogP contribution is 2.24.